The summed E-state index contributed by atoms with van der Waals surface area (Å²) in [5.74, 6) is 0.738. The molecule has 1 aliphatic rings. The molecule has 2 aromatic rings. The van der Waals surface area contributed by atoms with Crippen LogP contribution in [0.15, 0.2) is 18.2 Å². The van der Waals surface area contributed by atoms with Gasteiger partial charge in [-0.1, -0.05) is 11.6 Å². The van der Waals surface area contributed by atoms with Crippen LogP contribution in [0, 0.1) is 0 Å². The summed E-state index contributed by atoms with van der Waals surface area (Å²) in [6.07, 6.45) is 2.61. The van der Waals surface area contributed by atoms with Crippen molar-refractivity contribution in [2.24, 2.45) is 5.73 Å². The summed E-state index contributed by atoms with van der Waals surface area (Å²) in [5.41, 5.74) is 9.30. The normalized spacial score (nSPS) is 16.1. The van der Waals surface area contributed by atoms with Gasteiger partial charge in [-0.25, -0.2) is 0 Å². The molecule has 1 heterocycles. The molecule has 0 aliphatic heterocycles. The summed E-state index contributed by atoms with van der Waals surface area (Å²) < 4.78 is 0. The van der Waals surface area contributed by atoms with Crippen molar-refractivity contribution >= 4 is 22.5 Å². The van der Waals surface area contributed by atoms with Crippen molar-refractivity contribution in [1.82, 2.24) is 4.98 Å². The molecular formula is C12H13ClN2. The Balaban J connectivity index is 2.23. The topological polar surface area (TPSA) is 41.8 Å². The van der Waals surface area contributed by atoms with E-state index in [9.17, 15) is 0 Å². The Hall–Kier alpha value is -0.990. The van der Waals surface area contributed by atoms with Crippen molar-refractivity contribution in [3.63, 3.8) is 0 Å². The largest absolute Gasteiger partial charge is 0.358 e. The van der Waals surface area contributed by atoms with E-state index in [1.54, 1.807) is 0 Å². The maximum Gasteiger partial charge on any atom is 0.0502 e. The number of nitrogens with one attached hydrogen (secondary N) is 1. The molecule has 0 saturated heterocycles. The van der Waals surface area contributed by atoms with Crippen molar-refractivity contribution in [3.8, 4) is 0 Å². The highest BCUT2D eigenvalue weighted by Crippen LogP contribution is 2.41. The first-order valence-electron chi connectivity index (χ1n) is 5.29. The van der Waals surface area contributed by atoms with Crippen LogP contribution in [0.5, 0.6) is 0 Å². The van der Waals surface area contributed by atoms with Crippen LogP contribution < -0.4 is 5.73 Å². The van der Waals surface area contributed by atoms with Gasteiger partial charge in [-0.3, -0.25) is 0 Å². The van der Waals surface area contributed by atoms with E-state index in [0.717, 1.165) is 22.0 Å². The summed E-state index contributed by atoms with van der Waals surface area (Å²) in [5, 5.41) is 1.95. The number of aromatic amines is 1. The molecule has 15 heavy (non-hydrogen) atoms. The van der Waals surface area contributed by atoms with Crippen LogP contribution in [0.4, 0.5) is 0 Å². The van der Waals surface area contributed by atoms with Gasteiger partial charge in [-0.05, 0) is 42.5 Å². The molecule has 1 aromatic heterocycles. The van der Waals surface area contributed by atoms with E-state index >= 15 is 0 Å². The Morgan fingerprint density at radius 3 is 2.80 bits per heavy atom. The zero-order valence-electron chi connectivity index (χ0n) is 8.39. The molecule has 1 aromatic carbocycles. The van der Waals surface area contributed by atoms with Gasteiger partial charge in [0.15, 0.2) is 0 Å². The second-order valence-electron chi connectivity index (χ2n) is 4.23. The van der Waals surface area contributed by atoms with E-state index in [1.807, 2.05) is 12.1 Å². The Kier molecular flexibility index (Phi) is 2.01. The van der Waals surface area contributed by atoms with E-state index in [2.05, 4.69) is 11.1 Å². The second-order valence-corrected chi connectivity index (χ2v) is 4.67. The number of fused-ring (bicyclic) bond motifs is 1. The van der Waals surface area contributed by atoms with Crippen molar-refractivity contribution in [3.05, 3.63) is 34.5 Å². The summed E-state index contributed by atoms with van der Waals surface area (Å²) in [6.45, 7) is 0.529. The minimum absolute atomic E-state index is 0.529. The van der Waals surface area contributed by atoms with Gasteiger partial charge in [0.25, 0.3) is 0 Å². The molecule has 1 aliphatic carbocycles. The minimum Gasteiger partial charge on any atom is -0.358 e. The minimum atomic E-state index is 0.529. The summed E-state index contributed by atoms with van der Waals surface area (Å²) >= 11 is 6.04. The maximum atomic E-state index is 6.04. The molecule has 3 heteroatoms. The number of benzene rings is 1. The lowest BCUT2D eigenvalue weighted by molar-refractivity contribution is 1.04. The van der Waals surface area contributed by atoms with E-state index < -0.39 is 0 Å². The van der Waals surface area contributed by atoms with Crippen LogP contribution in [-0.2, 0) is 6.54 Å². The fourth-order valence-electron chi connectivity index (χ4n) is 2.08. The third kappa shape index (κ3) is 1.54. The molecule has 3 N–H and O–H groups in total. The van der Waals surface area contributed by atoms with Gasteiger partial charge < -0.3 is 10.7 Å². The average Bonchev–Trinajstić information content (AvgIpc) is 2.98. The van der Waals surface area contributed by atoms with Crippen molar-refractivity contribution in [2.45, 2.75) is 25.3 Å². The third-order valence-corrected chi connectivity index (χ3v) is 3.25. The molecule has 1 saturated carbocycles. The molecule has 2 nitrogen and oxygen atoms in total. The molecule has 0 spiro atoms. The number of nitrogens with two attached hydrogens (primary N) is 1. The van der Waals surface area contributed by atoms with Crippen LogP contribution in [0.2, 0.25) is 5.02 Å². The van der Waals surface area contributed by atoms with E-state index in [1.165, 1.54) is 23.9 Å². The molecule has 0 radical (unpaired) electrons. The Bertz CT molecular complexity index is 512. The van der Waals surface area contributed by atoms with Crippen LogP contribution in [-0.4, -0.2) is 4.98 Å². The quantitative estimate of drug-likeness (QED) is 0.802. The van der Waals surface area contributed by atoms with Gasteiger partial charge in [0, 0.05) is 22.6 Å². The van der Waals surface area contributed by atoms with Gasteiger partial charge in [-0.2, -0.15) is 0 Å². The van der Waals surface area contributed by atoms with E-state index in [-0.39, 0.29) is 0 Å². The highest BCUT2D eigenvalue weighted by Gasteiger charge is 2.25. The van der Waals surface area contributed by atoms with Gasteiger partial charge >= 0.3 is 0 Å². The lowest BCUT2D eigenvalue weighted by Gasteiger charge is -2.00. The van der Waals surface area contributed by atoms with Crippen LogP contribution in [0.25, 0.3) is 10.9 Å². The second kappa shape index (κ2) is 3.26. The first-order chi connectivity index (χ1) is 7.28. The molecule has 0 atom stereocenters. The van der Waals surface area contributed by atoms with Crippen LogP contribution in [0.3, 0.4) is 0 Å². The van der Waals surface area contributed by atoms with Gasteiger partial charge in [0.2, 0.25) is 0 Å². The SMILES string of the molecule is NCc1cc(Cl)cc2cc(C3CC3)[nH]c12. The summed E-state index contributed by atoms with van der Waals surface area (Å²) in [7, 11) is 0. The zero-order valence-corrected chi connectivity index (χ0v) is 9.14. The van der Waals surface area contributed by atoms with E-state index in [0.29, 0.717) is 6.54 Å². The molecule has 78 valence electrons. The predicted octanol–water partition coefficient (Wildman–Crippen LogP) is 3.16. The van der Waals surface area contributed by atoms with Gasteiger partial charge in [-0.15, -0.1) is 0 Å². The lowest BCUT2D eigenvalue weighted by atomic mass is 10.1. The number of hydrogen-bond donors (Lipinski definition) is 2. The highest BCUT2D eigenvalue weighted by molar-refractivity contribution is 6.31. The smallest absolute Gasteiger partial charge is 0.0502 e. The molecule has 0 bridgehead atoms. The van der Waals surface area contributed by atoms with Crippen molar-refractivity contribution < 1.29 is 0 Å². The maximum absolute atomic E-state index is 6.04. The third-order valence-electron chi connectivity index (χ3n) is 3.03. The number of hydrogen-bond acceptors (Lipinski definition) is 1. The molecule has 3 rings (SSSR count). The number of halogens is 1. The first-order valence-corrected chi connectivity index (χ1v) is 5.67. The fraction of sp³-hybridized carbons (Fsp3) is 0.333. The summed E-state index contributed by atoms with van der Waals surface area (Å²) in [4.78, 5) is 3.47. The lowest BCUT2D eigenvalue weighted by Crippen LogP contribution is -1.97. The Morgan fingerprint density at radius 1 is 1.33 bits per heavy atom. The fourth-order valence-corrected chi connectivity index (χ4v) is 2.33. The first kappa shape index (κ1) is 9.25. The average molecular weight is 221 g/mol. The predicted molar refractivity (Wildman–Crippen MR) is 63.2 cm³/mol. The van der Waals surface area contributed by atoms with E-state index in [4.69, 9.17) is 17.3 Å². The molecule has 1 fully saturated rings. The molecule has 0 amide bonds. The van der Waals surface area contributed by atoms with Gasteiger partial charge in [0.1, 0.15) is 0 Å². The van der Waals surface area contributed by atoms with Crippen LogP contribution >= 0.6 is 11.6 Å². The number of H-pyrrole nitrogens is 1. The van der Waals surface area contributed by atoms with Crippen LogP contribution in [0.1, 0.15) is 30.0 Å². The van der Waals surface area contributed by atoms with Crippen molar-refractivity contribution in [2.75, 3.05) is 0 Å². The Morgan fingerprint density at radius 2 is 2.13 bits per heavy atom. The highest BCUT2D eigenvalue weighted by atomic mass is 35.5. The zero-order chi connectivity index (χ0) is 10.4. The Labute approximate surface area is 93.4 Å². The number of aromatic nitrogens is 1. The molecule has 0 unspecified atom stereocenters. The monoisotopic (exact) mass is 220 g/mol. The van der Waals surface area contributed by atoms with Crippen molar-refractivity contribution in [1.29, 1.82) is 0 Å². The van der Waals surface area contributed by atoms with Gasteiger partial charge in [0.05, 0.1) is 5.52 Å². The molecular weight excluding hydrogens is 208 g/mol. The summed E-state index contributed by atoms with van der Waals surface area (Å²) in [6, 6.07) is 6.15. The number of rotatable bonds is 2. The standard InChI is InChI=1S/C12H13ClN2/c13-10-3-8-5-11(7-1-2-7)15-12(8)9(4-10)6-14/h3-5,7,15H,1-2,6,14H2.